The lowest BCUT2D eigenvalue weighted by Gasteiger charge is -2.23. The Labute approximate surface area is 116 Å². The quantitative estimate of drug-likeness (QED) is 0.750. The molecule has 6 heteroatoms. The van der Waals surface area contributed by atoms with Crippen molar-refractivity contribution >= 4 is 11.5 Å². The number of rotatable bonds is 5. The summed E-state index contributed by atoms with van der Waals surface area (Å²) in [5.41, 5.74) is 7.69. The molecular formula is C14H16N6. The van der Waals surface area contributed by atoms with Gasteiger partial charge in [-0.25, -0.2) is 4.98 Å². The van der Waals surface area contributed by atoms with Gasteiger partial charge in [0.15, 0.2) is 5.82 Å². The molecule has 0 aliphatic heterocycles. The van der Waals surface area contributed by atoms with Gasteiger partial charge < -0.3 is 10.6 Å². The molecule has 0 unspecified atom stereocenters. The number of aromatic nitrogens is 4. The Morgan fingerprint density at radius 2 is 2.05 bits per heavy atom. The van der Waals surface area contributed by atoms with E-state index in [1.54, 1.807) is 12.5 Å². The van der Waals surface area contributed by atoms with Crippen LogP contribution in [0.2, 0.25) is 0 Å². The van der Waals surface area contributed by atoms with Crippen LogP contribution in [-0.4, -0.2) is 32.7 Å². The summed E-state index contributed by atoms with van der Waals surface area (Å²) >= 11 is 0. The van der Waals surface area contributed by atoms with E-state index >= 15 is 0 Å². The van der Waals surface area contributed by atoms with Gasteiger partial charge in [0.05, 0.1) is 0 Å². The molecule has 0 fully saturated rings. The number of hydrogen-bond donors (Lipinski definition) is 1. The van der Waals surface area contributed by atoms with Crippen LogP contribution in [0, 0.1) is 0 Å². The summed E-state index contributed by atoms with van der Waals surface area (Å²) in [6.07, 6.45) is 5.26. The zero-order chi connectivity index (χ0) is 13.8. The number of hydrogen-bond acceptors (Lipinski definition) is 5. The van der Waals surface area contributed by atoms with Gasteiger partial charge in [-0.05, 0) is 5.56 Å². The molecule has 0 saturated heterocycles. The van der Waals surface area contributed by atoms with Crippen molar-refractivity contribution in [3.05, 3.63) is 54.6 Å². The van der Waals surface area contributed by atoms with Gasteiger partial charge in [0.1, 0.15) is 6.33 Å². The predicted octanol–water partition coefficient (Wildman–Crippen LogP) is 1.09. The molecule has 0 aliphatic rings. The monoisotopic (exact) mass is 268 g/mol. The Morgan fingerprint density at radius 1 is 1.20 bits per heavy atom. The molecule has 3 aromatic rings. The summed E-state index contributed by atoms with van der Waals surface area (Å²) in [7, 11) is 0. The topological polar surface area (TPSA) is 72.3 Å². The van der Waals surface area contributed by atoms with E-state index < -0.39 is 0 Å². The molecule has 0 bridgehead atoms. The van der Waals surface area contributed by atoms with Crippen LogP contribution in [0.15, 0.2) is 49.1 Å². The number of anilines is 1. The van der Waals surface area contributed by atoms with Crippen molar-refractivity contribution in [1.82, 2.24) is 19.6 Å². The second-order valence-corrected chi connectivity index (χ2v) is 4.51. The van der Waals surface area contributed by atoms with Crippen LogP contribution < -0.4 is 10.6 Å². The zero-order valence-corrected chi connectivity index (χ0v) is 11.1. The van der Waals surface area contributed by atoms with Crippen LogP contribution in [0.1, 0.15) is 5.56 Å². The number of benzene rings is 1. The molecule has 2 heterocycles. The summed E-state index contributed by atoms with van der Waals surface area (Å²) in [5.74, 6) is 0.805. The van der Waals surface area contributed by atoms with Crippen molar-refractivity contribution in [1.29, 1.82) is 0 Å². The van der Waals surface area contributed by atoms with Crippen LogP contribution in [0.25, 0.3) is 5.65 Å². The Balaban J connectivity index is 1.96. The van der Waals surface area contributed by atoms with Crippen molar-refractivity contribution in [2.45, 2.75) is 6.54 Å². The SMILES string of the molecule is NCCN(Cc1ccccc1)c1nccn2cnnc12. The molecule has 0 atom stereocenters. The number of fused-ring (bicyclic) bond motifs is 1. The summed E-state index contributed by atoms with van der Waals surface area (Å²) in [6, 6.07) is 10.2. The van der Waals surface area contributed by atoms with Crippen molar-refractivity contribution < 1.29 is 0 Å². The molecule has 20 heavy (non-hydrogen) atoms. The molecular weight excluding hydrogens is 252 g/mol. The molecule has 2 aromatic heterocycles. The average molecular weight is 268 g/mol. The molecule has 0 saturated carbocycles. The number of nitrogens with zero attached hydrogens (tertiary/aromatic N) is 5. The van der Waals surface area contributed by atoms with E-state index in [0.29, 0.717) is 13.1 Å². The van der Waals surface area contributed by atoms with E-state index in [4.69, 9.17) is 5.73 Å². The molecule has 0 spiro atoms. The smallest absolute Gasteiger partial charge is 0.203 e. The second kappa shape index (κ2) is 5.66. The first kappa shape index (κ1) is 12.6. The zero-order valence-electron chi connectivity index (χ0n) is 11.1. The lowest BCUT2D eigenvalue weighted by Crippen LogP contribution is -2.30. The Hall–Kier alpha value is -2.47. The largest absolute Gasteiger partial charge is 0.348 e. The predicted molar refractivity (Wildman–Crippen MR) is 77.3 cm³/mol. The van der Waals surface area contributed by atoms with E-state index in [1.807, 2.05) is 28.8 Å². The van der Waals surface area contributed by atoms with Crippen LogP contribution in [0.4, 0.5) is 5.82 Å². The lowest BCUT2D eigenvalue weighted by molar-refractivity contribution is 0.774. The van der Waals surface area contributed by atoms with Crippen LogP contribution >= 0.6 is 0 Å². The third-order valence-corrected chi connectivity index (χ3v) is 3.11. The van der Waals surface area contributed by atoms with E-state index in [-0.39, 0.29) is 0 Å². The first-order chi connectivity index (χ1) is 9.88. The fourth-order valence-corrected chi connectivity index (χ4v) is 2.19. The molecule has 6 nitrogen and oxygen atoms in total. The Kier molecular flexibility index (Phi) is 3.56. The van der Waals surface area contributed by atoms with Crippen molar-refractivity contribution in [2.75, 3.05) is 18.0 Å². The minimum atomic E-state index is 0.559. The fourth-order valence-electron chi connectivity index (χ4n) is 2.19. The lowest BCUT2D eigenvalue weighted by atomic mass is 10.2. The maximum absolute atomic E-state index is 5.73. The van der Waals surface area contributed by atoms with Crippen molar-refractivity contribution in [3.63, 3.8) is 0 Å². The van der Waals surface area contributed by atoms with Crippen LogP contribution in [0.5, 0.6) is 0 Å². The summed E-state index contributed by atoms with van der Waals surface area (Å²) in [6.45, 7) is 2.02. The highest BCUT2D eigenvalue weighted by Crippen LogP contribution is 2.18. The summed E-state index contributed by atoms with van der Waals surface area (Å²) in [5, 5.41) is 8.06. The highest BCUT2D eigenvalue weighted by molar-refractivity contribution is 5.63. The molecule has 0 aliphatic carbocycles. The van der Waals surface area contributed by atoms with E-state index in [9.17, 15) is 0 Å². The third-order valence-electron chi connectivity index (χ3n) is 3.11. The normalized spacial score (nSPS) is 10.8. The van der Waals surface area contributed by atoms with Gasteiger partial charge >= 0.3 is 0 Å². The maximum atomic E-state index is 5.73. The first-order valence-corrected chi connectivity index (χ1v) is 6.52. The summed E-state index contributed by atoms with van der Waals surface area (Å²) in [4.78, 5) is 6.57. The van der Waals surface area contributed by atoms with E-state index in [1.165, 1.54) is 5.56 Å². The van der Waals surface area contributed by atoms with Gasteiger partial charge in [0.2, 0.25) is 5.65 Å². The van der Waals surface area contributed by atoms with E-state index in [0.717, 1.165) is 18.0 Å². The second-order valence-electron chi connectivity index (χ2n) is 4.51. The molecule has 1 aromatic carbocycles. The Morgan fingerprint density at radius 3 is 2.85 bits per heavy atom. The molecule has 2 N–H and O–H groups in total. The van der Waals surface area contributed by atoms with Crippen molar-refractivity contribution in [2.24, 2.45) is 5.73 Å². The molecule has 0 amide bonds. The minimum Gasteiger partial charge on any atom is -0.348 e. The Bertz CT molecular complexity index is 678. The van der Waals surface area contributed by atoms with Crippen LogP contribution in [0.3, 0.4) is 0 Å². The molecule has 0 radical (unpaired) electrons. The third kappa shape index (κ3) is 2.46. The highest BCUT2D eigenvalue weighted by atomic mass is 15.3. The standard InChI is InChI=1S/C14H16N6/c15-6-8-19(10-12-4-2-1-3-5-12)13-14-18-17-11-20(14)9-7-16-13/h1-5,7,9,11H,6,8,10,15H2. The highest BCUT2D eigenvalue weighted by Gasteiger charge is 2.13. The minimum absolute atomic E-state index is 0.559. The first-order valence-electron chi connectivity index (χ1n) is 6.52. The fraction of sp³-hybridized carbons (Fsp3) is 0.214. The van der Waals surface area contributed by atoms with Gasteiger partial charge in [-0.2, -0.15) is 0 Å². The van der Waals surface area contributed by atoms with E-state index in [2.05, 4.69) is 32.2 Å². The van der Waals surface area contributed by atoms with Gasteiger partial charge in [-0.3, -0.25) is 4.40 Å². The van der Waals surface area contributed by atoms with Gasteiger partial charge in [-0.15, -0.1) is 10.2 Å². The average Bonchev–Trinajstić information content (AvgIpc) is 2.96. The molecule has 3 rings (SSSR count). The maximum Gasteiger partial charge on any atom is 0.203 e. The van der Waals surface area contributed by atoms with Crippen molar-refractivity contribution in [3.8, 4) is 0 Å². The van der Waals surface area contributed by atoms with Gasteiger partial charge in [-0.1, -0.05) is 30.3 Å². The number of nitrogens with two attached hydrogens (primary N) is 1. The van der Waals surface area contributed by atoms with Gasteiger partial charge in [0.25, 0.3) is 0 Å². The van der Waals surface area contributed by atoms with Gasteiger partial charge in [0, 0.05) is 32.0 Å². The summed E-state index contributed by atoms with van der Waals surface area (Å²) < 4.78 is 1.86. The van der Waals surface area contributed by atoms with Crippen LogP contribution in [-0.2, 0) is 6.54 Å². The molecule has 102 valence electrons.